The molecule has 1 aliphatic heterocycles. The standard InChI is InChI=1S/C22H36N2O5/c1-5-6-7-8-9-24(11-10-23-12-14-29-15-13-23)22(25)18-16-19(26-2)21(28-4)20(17-18)27-3/h16-17H,5-15H2,1-4H3. The van der Waals surface area contributed by atoms with Crippen molar-refractivity contribution < 1.29 is 23.7 Å². The van der Waals surface area contributed by atoms with Crippen molar-refractivity contribution in [2.75, 3.05) is 67.3 Å². The minimum absolute atomic E-state index is 0.00555. The van der Waals surface area contributed by atoms with Crippen molar-refractivity contribution in [2.24, 2.45) is 0 Å². The van der Waals surface area contributed by atoms with Crippen LogP contribution >= 0.6 is 0 Å². The Morgan fingerprint density at radius 1 is 1.00 bits per heavy atom. The molecule has 7 nitrogen and oxygen atoms in total. The third-order valence-corrected chi connectivity index (χ3v) is 5.27. The summed E-state index contributed by atoms with van der Waals surface area (Å²) in [6.45, 7) is 7.85. The van der Waals surface area contributed by atoms with Gasteiger partial charge in [-0.3, -0.25) is 9.69 Å². The summed E-state index contributed by atoms with van der Waals surface area (Å²) in [4.78, 5) is 17.7. The first-order chi connectivity index (χ1) is 14.1. The molecule has 164 valence electrons. The molecule has 2 rings (SSSR count). The zero-order chi connectivity index (χ0) is 21.1. The lowest BCUT2D eigenvalue weighted by atomic mass is 10.1. The van der Waals surface area contributed by atoms with Crippen molar-refractivity contribution in [3.8, 4) is 17.2 Å². The van der Waals surface area contributed by atoms with Gasteiger partial charge < -0.3 is 23.8 Å². The van der Waals surface area contributed by atoms with Crippen molar-refractivity contribution in [3.05, 3.63) is 17.7 Å². The highest BCUT2D eigenvalue weighted by molar-refractivity contribution is 5.95. The molecule has 0 atom stereocenters. The van der Waals surface area contributed by atoms with Crippen molar-refractivity contribution in [3.63, 3.8) is 0 Å². The normalized spacial score (nSPS) is 14.5. The molecular weight excluding hydrogens is 372 g/mol. The van der Waals surface area contributed by atoms with Gasteiger partial charge in [0.2, 0.25) is 5.75 Å². The maximum atomic E-state index is 13.3. The summed E-state index contributed by atoms with van der Waals surface area (Å²) in [7, 11) is 4.68. The van der Waals surface area contributed by atoms with E-state index in [4.69, 9.17) is 18.9 Å². The van der Waals surface area contributed by atoms with Gasteiger partial charge in [-0.15, -0.1) is 0 Å². The molecule has 0 spiro atoms. The number of nitrogens with zero attached hydrogens (tertiary/aromatic N) is 2. The fraction of sp³-hybridized carbons (Fsp3) is 0.682. The number of amides is 1. The van der Waals surface area contributed by atoms with E-state index >= 15 is 0 Å². The SMILES string of the molecule is CCCCCCN(CCN1CCOCC1)C(=O)c1cc(OC)c(OC)c(OC)c1. The van der Waals surface area contributed by atoms with Gasteiger partial charge in [-0.05, 0) is 18.6 Å². The number of ether oxygens (including phenoxy) is 4. The monoisotopic (exact) mass is 408 g/mol. The highest BCUT2D eigenvalue weighted by Crippen LogP contribution is 2.38. The van der Waals surface area contributed by atoms with Crippen LogP contribution in [0.5, 0.6) is 17.2 Å². The van der Waals surface area contributed by atoms with Gasteiger partial charge in [0.25, 0.3) is 5.91 Å². The molecule has 1 saturated heterocycles. The fourth-order valence-electron chi connectivity index (χ4n) is 3.52. The molecule has 0 aliphatic carbocycles. The molecule has 0 N–H and O–H groups in total. The molecule has 1 aromatic rings. The van der Waals surface area contributed by atoms with Crippen LogP contribution in [0.15, 0.2) is 12.1 Å². The quantitative estimate of drug-likeness (QED) is 0.496. The van der Waals surface area contributed by atoms with E-state index in [1.54, 1.807) is 33.5 Å². The van der Waals surface area contributed by atoms with Crippen LogP contribution in [0.4, 0.5) is 0 Å². The van der Waals surface area contributed by atoms with E-state index in [1.165, 1.54) is 12.8 Å². The number of hydrogen-bond donors (Lipinski definition) is 0. The first-order valence-electron chi connectivity index (χ1n) is 10.5. The number of carbonyl (C=O) groups is 1. The Morgan fingerprint density at radius 2 is 1.66 bits per heavy atom. The Balaban J connectivity index is 2.15. The summed E-state index contributed by atoms with van der Waals surface area (Å²) in [5.41, 5.74) is 0.553. The number of unbranched alkanes of at least 4 members (excludes halogenated alkanes) is 3. The predicted octanol–water partition coefficient (Wildman–Crippen LogP) is 3.07. The predicted molar refractivity (Wildman–Crippen MR) is 113 cm³/mol. The lowest BCUT2D eigenvalue weighted by molar-refractivity contribution is 0.0324. The number of benzene rings is 1. The van der Waals surface area contributed by atoms with Crippen LogP contribution in [0.2, 0.25) is 0 Å². The molecule has 1 aliphatic rings. The average molecular weight is 409 g/mol. The van der Waals surface area contributed by atoms with Crippen molar-refractivity contribution in [1.82, 2.24) is 9.80 Å². The molecule has 0 bridgehead atoms. The number of rotatable bonds is 12. The highest BCUT2D eigenvalue weighted by Gasteiger charge is 2.22. The average Bonchev–Trinajstić information content (AvgIpc) is 2.77. The second kappa shape index (κ2) is 12.5. The van der Waals surface area contributed by atoms with Gasteiger partial charge in [-0.25, -0.2) is 0 Å². The zero-order valence-corrected chi connectivity index (χ0v) is 18.4. The smallest absolute Gasteiger partial charge is 0.254 e. The van der Waals surface area contributed by atoms with Gasteiger partial charge in [0, 0.05) is 38.3 Å². The summed E-state index contributed by atoms with van der Waals surface area (Å²) < 4.78 is 21.6. The first-order valence-corrected chi connectivity index (χ1v) is 10.5. The van der Waals surface area contributed by atoms with E-state index in [0.29, 0.717) is 29.4 Å². The number of morpholine rings is 1. The van der Waals surface area contributed by atoms with Crippen LogP contribution in [0, 0.1) is 0 Å². The minimum atomic E-state index is -0.00555. The molecular formula is C22H36N2O5. The van der Waals surface area contributed by atoms with Gasteiger partial charge >= 0.3 is 0 Å². The number of methoxy groups -OCH3 is 3. The molecule has 7 heteroatoms. The fourth-order valence-corrected chi connectivity index (χ4v) is 3.52. The molecule has 1 fully saturated rings. The lowest BCUT2D eigenvalue weighted by Crippen LogP contribution is -2.43. The van der Waals surface area contributed by atoms with E-state index in [-0.39, 0.29) is 5.91 Å². The van der Waals surface area contributed by atoms with Gasteiger partial charge in [-0.2, -0.15) is 0 Å². The van der Waals surface area contributed by atoms with Crippen molar-refractivity contribution >= 4 is 5.91 Å². The minimum Gasteiger partial charge on any atom is -0.493 e. The maximum absolute atomic E-state index is 13.3. The summed E-state index contributed by atoms with van der Waals surface area (Å²) >= 11 is 0. The summed E-state index contributed by atoms with van der Waals surface area (Å²) in [5, 5.41) is 0. The topological polar surface area (TPSA) is 60.5 Å². The van der Waals surface area contributed by atoms with Gasteiger partial charge in [0.1, 0.15) is 0 Å². The highest BCUT2D eigenvalue weighted by atomic mass is 16.5. The van der Waals surface area contributed by atoms with Crippen LogP contribution < -0.4 is 14.2 Å². The second-order valence-electron chi connectivity index (χ2n) is 7.22. The molecule has 1 heterocycles. The Bertz CT molecular complexity index is 607. The lowest BCUT2D eigenvalue weighted by Gasteiger charge is -2.30. The van der Waals surface area contributed by atoms with Crippen LogP contribution in [-0.2, 0) is 4.74 Å². The molecule has 1 amide bonds. The van der Waals surface area contributed by atoms with E-state index in [9.17, 15) is 4.79 Å². The van der Waals surface area contributed by atoms with Gasteiger partial charge in [0.05, 0.1) is 34.5 Å². The molecule has 0 saturated carbocycles. The molecule has 0 aromatic heterocycles. The number of carbonyl (C=O) groups excluding carboxylic acids is 1. The Hall–Kier alpha value is -1.99. The van der Waals surface area contributed by atoms with Crippen LogP contribution in [0.1, 0.15) is 43.0 Å². The third-order valence-electron chi connectivity index (χ3n) is 5.27. The van der Waals surface area contributed by atoms with Crippen LogP contribution in [0.25, 0.3) is 0 Å². The summed E-state index contributed by atoms with van der Waals surface area (Å²) in [6.07, 6.45) is 4.50. The van der Waals surface area contributed by atoms with E-state index in [2.05, 4.69) is 11.8 Å². The molecule has 1 aromatic carbocycles. The Kier molecular flexibility index (Phi) is 10.1. The Labute approximate surface area is 174 Å². The summed E-state index contributed by atoms with van der Waals surface area (Å²) in [6, 6.07) is 3.47. The van der Waals surface area contributed by atoms with E-state index < -0.39 is 0 Å². The maximum Gasteiger partial charge on any atom is 0.254 e. The zero-order valence-electron chi connectivity index (χ0n) is 18.4. The summed E-state index contributed by atoms with van der Waals surface area (Å²) in [5.74, 6) is 1.48. The Morgan fingerprint density at radius 3 is 2.21 bits per heavy atom. The van der Waals surface area contributed by atoms with Crippen molar-refractivity contribution in [1.29, 1.82) is 0 Å². The van der Waals surface area contributed by atoms with Gasteiger partial charge in [0.15, 0.2) is 11.5 Å². The third kappa shape index (κ3) is 6.78. The first kappa shape index (κ1) is 23.3. The molecule has 0 unspecified atom stereocenters. The largest absolute Gasteiger partial charge is 0.493 e. The molecule has 29 heavy (non-hydrogen) atoms. The van der Waals surface area contributed by atoms with Crippen LogP contribution in [0.3, 0.4) is 0 Å². The van der Waals surface area contributed by atoms with Crippen molar-refractivity contribution in [2.45, 2.75) is 32.6 Å². The van der Waals surface area contributed by atoms with E-state index in [1.807, 2.05) is 4.90 Å². The van der Waals surface area contributed by atoms with Gasteiger partial charge in [-0.1, -0.05) is 26.2 Å². The number of hydrogen-bond acceptors (Lipinski definition) is 6. The molecule has 0 radical (unpaired) electrons. The van der Waals surface area contributed by atoms with Crippen LogP contribution in [-0.4, -0.2) is 83.0 Å². The second-order valence-corrected chi connectivity index (χ2v) is 7.22. The van der Waals surface area contributed by atoms with E-state index in [0.717, 1.165) is 52.2 Å².